The number of fused-ring (bicyclic) bond motifs is 1. The molecule has 2 aromatic carbocycles. The molecule has 0 bridgehead atoms. The lowest BCUT2D eigenvalue weighted by molar-refractivity contribution is 0.103. The highest BCUT2D eigenvalue weighted by Crippen LogP contribution is 2.31. The number of anilines is 1. The van der Waals surface area contributed by atoms with Crippen molar-refractivity contribution in [2.45, 2.75) is 6.42 Å². The molecule has 1 saturated heterocycles. The highest BCUT2D eigenvalue weighted by Gasteiger charge is 2.26. The molecule has 0 radical (unpaired) electrons. The summed E-state index contributed by atoms with van der Waals surface area (Å²) in [5.41, 5.74) is 2.12. The molecule has 4 aromatic rings. The molecule has 1 aliphatic rings. The SMILES string of the molecule is C=NC[C@H]1CCN(c2nccnc2Oc2ccc(C(=O)c3nc4ccccc4[nH]3)cc2)C1. The van der Waals surface area contributed by atoms with Gasteiger partial charge in [-0.05, 0) is 55.5 Å². The van der Waals surface area contributed by atoms with Gasteiger partial charge in [0.1, 0.15) is 5.75 Å². The van der Waals surface area contributed by atoms with Crippen LogP contribution in [0.2, 0.25) is 0 Å². The number of aliphatic imine (C=N–C) groups is 1. The topological polar surface area (TPSA) is 96.4 Å². The van der Waals surface area contributed by atoms with E-state index in [1.807, 2.05) is 24.3 Å². The predicted octanol–water partition coefficient (Wildman–Crippen LogP) is 3.90. The highest BCUT2D eigenvalue weighted by atomic mass is 16.5. The highest BCUT2D eigenvalue weighted by molar-refractivity contribution is 6.08. The molecule has 3 heterocycles. The molecule has 32 heavy (non-hydrogen) atoms. The summed E-state index contributed by atoms with van der Waals surface area (Å²) >= 11 is 0. The van der Waals surface area contributed by atoms with Crippen LogP contribution in [0.3, 0.4) is 0 Å². The lowest BCUT2D eigenvalue weighted by Gasteiger charge is -2.19. The molecule has 2 aromatic heterocycles. The van der Waals surface area contributed by atoms with Gasteiger partial charge in [0, 0.05) is 37.6 Å². The van der Waals surface area contributed by atoms with Gasteiger partial charge in [-0.3, -0.25) is 4.79 Å². The Labute approximate surface area is 185 Å². The van der Waals surface area contributed by atoms with Crippen LogP contribution in [-0.2, 0) is 0 Å². The molecule has 0 amide bonds. The number of nitrogens with one attached hydrogen (secondary N) is 1. The molecule has 8 heteroatoms. The van der Waals surface area contributed by atoms with Crippen molar-refractivity contribution in [2.24, 2.45) is 10.9 Å². The summed E-state index contributed by atoms with van der Waals surface area (Å²) in [6.45, 7) is 6.06. The number of carbonyl (C=O) groups excluding carboxylic acids is 1. The zero-order valence-corrected chi connectivity index (χ0v) is 17.4. The second-order valence-corrected chi connectivity index (χ2v) is 7.75. The van der Waals surface area contributed by atoms with E-state index >= 15 is 0 Å². The first-order chi connectivity index (χ1) is 15.7. The van der Waals surface area contributed by atoms with Gasteiger partial charge in [-0.25, -0.2) is 15.0 Å². The number of carbonyl (C=O) groups is 1. The van der Waals surface area contributed by atoms with Gasteiger partial charge in [0.2, 0.25) is 5.78 Å². The van der Waals surface area contributed by atoms with Gasteiger partial charge >= 0.3 is 0 Å². The predicted molar refractivity (Wildman–Crippen MR) is 123 cm³/mol. The number of nitrogens with zero attached hydrogens (tertiary/aromatic N) is 5. The minimum atomic E-state index is -0.174. The van der Waals surface area contributed by atoms with Crippen LogP contribution < -0.4 is 9.64 Å². The van der Waals surface area contributed by atoms with Crippen LogP contribution in [0.1, 0.15) is 22.6 Å². The standard InChI is InChI=1S/C24H22N6O2/c1-25-14-16-10-13-30(15-16)23-24(27-12-11-26-23)32-18-8-6-17(7-9-18)21(31)22-28-19-4-2-3-5-20(19)29-22/h2-9,11-12,16H,1,10,13-15H2,(H,28,29)/t16-/m1/s1. The third-order valence-corrected chi connectivity index (χ3v) is 5.55. The van der Waals surface area contributed by atoms with Gasteiger partial charge in [-0.2, -0.15) is 0 Å². The first-order valence-electron chi connectivity index (χ1n) is 10.5. The third-order valence-electron chi connectivity index (χ3n) is 5.55. The van der Waals surface area contributed by atoms with Crippen LogP contribution in [0.15, 0.2) is 65.9 Å². The van der Waals surface area contributed by atoms with E-state index in [1.165, 1.54) is 0 Å². The smallest absolute Gasteiger partial charge is 0.263 e. The second-order valence-electron chi connectivity index (χ2n) is 7.75. The minimum absolute atomic E-state index is 0.174. The quantitative estimate of drug-likeness (QED) is 0.356. The van der Waals surface area contributed by atoms with Gasteiger partial charge < -0.3 is 19.6 Å². The lowest BCUT2D eigenvalue weighted by Crippen LogP contribution is -2.22. The van der Waals surface area contributed by atoms with Crippen molar-refractivity contribution in [3.05, 3.63) is 72.3 Å². The average molecular weight is 426 g/mol. The number of H-pyrrole nitrogens is 1. The van der Waals surface area contributed by atoms with E-state index in [2.05, 4.69) is 36.5 Å². The van der Waals surface area contributed by atoms with Crippen molar-refractivity contribution in [2.75, 3.05) is 24.5 Å². The Morgan fingerprint density at radius 3 is 2.78 bits per heavy atom. The van der Waals surface area contributed by atoms with Crippen LogP contribution in [0.4, 0.5) is 5.82 Å². The van der Waals surface area contributed by atoms with Crippen LogP contribution in [0.25, 0.3) is 11.0 Å². The Morgan fingerprint density at radius 2 is 1.97 bits per heavy atom. The van der Waals surface area contributed by atoms with Gasteiger partial charge in [-0.15, -0.1) is 0 Å². The maximum atomic E-state index is 12.8. The number of aromatic amines is 1. The van der Waals surface area contributed by atoms with Crippen molar-refractivity contribution in [3.63, 3.8) is 0 Å². The van der Waals surface area contributed by atoms with Crippen molar-refractivity contribution in [3.8, 4) is 11.6 Å². The fourth-order valence-corrected chi connectivity index (χ4v) is 3.95. The van der Waals surface area contributed by atoms with Crippen LogP contribution in [-0.4, -0.2) is 52.1 Å². The molecule has 160 valence electrons. The van der Waals surface area contributed by atoms with E-state index in [0.29, 0.717) is 34.8 Å². The number of ketones is 1. The van der Waals surface area contributed by atoms with Crippen LogP contribution in [0, 0.1) is 5.92 Å². The maximum Gasteiger partial charge on any atom is 0.263 e. The molecule has 1 atom stereocenters. The van der Waals surface area contributed by atoms with Gasteiger partial charge in [-0.1, -0.05) is 12.1 Å². The fraction of sp³-hybridized carbons (Fsp3) is 0.208. The van der Waals surface area contributed by atoms with E-state index in [9.17, 15) is 4.79 Å². The first-order valence-corrected chi connectivity index (χ1v) is 10.5. The van der Waals surface area contributed by atoms with Crippen LogP contribution in [0.5, 0.6) is 11.6 Å². The molecule has 8 nitrogen and oxygen atoms in total. The summed E-state index contributed by atoms with van der Waals surface area (Å²) in [5, 5.41) is 0. The minimum Gasteiger partial charge on any atom is -0.436 e. The largest absolute Gasteiger partial charge is 0.436 e. The van der Waals surface area contributed by atoms with E-state index in [4.69, 9.17) is 4.74 Å². The van der Waals surface area contributed by atoms with Crippen molar-refractivity contribution in [1.82, 2.24) is 19.9 Å². The second kappa shape index (κ2) is 8.58. The van der Waals surface area contributed by atoms with Crippen LogP contribution >= 0.6 is 0 Å². The molecule has 1 aliphatic heterocycles. The Morgan fingerprint density at radius 1 is 1.16 bits per heavy atom. The molecule has 0 spiro atoms. The van der Waals surface area contributed by atoms with Gasteiger partial charge in [0.05, 0.1) is 11.0 Å². The van der Waals surface area contributed by atoms with E-state index < -0.39 is 0 Å². The zero-order chi connectivity index (χ0) is 21.9. The zero-order valence-electron chi connectivity index (χ0n) is 17.4. The summed E-state index contributed by atoms with van der Waals surface area (Å²) in [6.07, 6.45) is 4.31. The van der Waals surface area contributed by atoms with E-state index in [1.54, 1.807) is 36.7 Å². The van der Waals surface area contributed by atoms with Gasteiger partial charge in [0.25, 0.3) is 5.88 Å². The summed E-state index contributed by atoms with van der Waals surface area (Å²) in [5.74, 6) is 2.33. The molecular formula is C24H22N6O2. The first kappa shape index (κ1) is 19.9. The maximum absolute atomic E-state index is 12.8. The summed E-state index contributed by atoms with van der Waals surface area (Å²) in [6, 6.07) is 14.5. The molecule has 0 saturated carbocycles. The number of ether oxygens (including phenoxy) is 1. The molecule has 0 unspecified atom stereocenters. The summed E-state index contributed by atoms with van der Waals surface area (Å²) in [4.78, 5) is 35.3. The monoisotopic (exact) mass is 426 g/mol. The van der Waals surface area contributed by atoms with Gasteiger partial charge in [0.15, 0.2) is 11.6 Å². The average Bonchev–Trinajstić information content (AvgIpc) is 3.47. The number of hydrogen-bond acceptors (Lipinski definition) is 7. The number of para-hydroxylation sites is 2. The molecule has 0 aliphatic carbocycles. The Hall–Kier alpha value is -4.07. The Kier molecular flexibility index (Phi) is 5.33. The Balaban J connectivity index is 1.32. The van der Waals surface area contributed by atoms with E-state index in [0.717, 1.165) is 37.1 Å². The number of benzene rings is 2. The van der Waals surface area contributed by atoms with Crippen molar-refractivity contribution in [1.29, 1.82) is 0 Å². The third kappa shape index (κ3) is 3.94. The molecule has 1 fully saturated rings. The van der Waals surface area contributed by atoms with Crippen molar-refractivity contribution >= 4 is 29.4 Å². The molecule has 1 N–H and O–H groups in total. The summed E-state index contributed by atoms with van der Waals surface area (Å²) < 4.78 is 6.02. The normalized spacial score (nSPS) is 15.8. The Bertz CT molecular complexity index is 1230. The number of aromatic nitrogens is 4. The number of hydrogen-bond donors (Lipinski definition) is 1. The van der Waals surface area contributed by atoms with Crippen molar-refractivity contribution < 1.29 is 9.53 Å². The fourth-order valence-electron chi connectivity index (χ4n) is 3.95. The lowest BCUT2D eigenvalue weighted by atomic mass is 10.1. The number of rotatable bonds is 7. The number of imidazole rings is 1. The molecular weight excluding hydrogens is 404 g/mol. The molecule has 5 rings (SSSR count). The summed E-state index contributed by atoms with van der Waals surface area (Å²) in [7, 11) is 0. The van der Waals surface area contributed by atoms with E-state index in [-0.39, 0.29) is 5.78 Å².